The van der Waals surface area contributed by atoms with E-state index in [1.165, 1.54) is 0 Å². The zero-order valence-corrected chi connectivity index (χ0v) is 13.6. The van der Waals surface area contributed by atoms with E-state index in [-0.39, 0.29) is 11.1 Å². The van der Waals surface area contributed by atoms with Gasteiger partial charge in [-0.1, -0.05) is 23.2 Å². The first-order valence-corrected chi connectivity index (χ1v) is 7.58. The molecule has 1 fully saturated rings. The molecule has 3 rings (SSSR count). The second-order valence-corrected chi connectivity index (χ2v) is 6.51. The van der Waals surface area contributed by atoms with Gasteiger partial charge in [-0.05, 0) is 44.2 Å². The number of carbonyl (C=O) groups excluding carboxylic acids is 1. The summed E-state index contributed by atoms with van der Waals surface area (Å²) < 4.78 is 5.58. The molecule has 1 aliphatic heterocycles. The molecule has 1 atom stereocenters. The zero-order chi connectivity index (χ0) is 15.4. The van der Waals surface area contributed by atoms with Crippen LogP contribution in [-0.2, 0) is 9.53 Å². The van der Waals surface area contributed by atoms with Gasteiger partial charge in [-0.3, -0.25) is 4.79 Å². The standard InChI is InChI=1S/C15H16Cl2N2O2/c1-7-6-9(16)18-13(17)10(7)11-12(21-3)15(2,8-4-5-8)19-14(11)20/h6,8H,4-5H2,1-3H3,(H,19,20). The van der Waals surface area contributed by atoms with Crippen LogP contribution in [0.1, 0.15) is 30.9 Å². The summed E-state index contributed by atoms with van der Waals surface area (Å²) >= 11 is 12.1. The molecular formula is C15H16Cl2N2O2. The largest absolute Gasteiger partial charge is 0.498 e. The van der Waals surface area contributed by atoms with Crippen molar-refractivity contribution in [1.82, 2.24) is 10.3 Å². The molecule has 2 aliphatic rings. The van der Waals surface area contributed by atoms with Gasteiger partial charge in [0.2, 0.25) is 0 Å². The van der Waals surface area contributed by atoms with Crippen LogP contribution in [0, 0.1) is 12.8 Å². The van der Waals surface area contributed by atoms with Gasteiger partial charge in [-0.2, -0.15) is 0 Å². The highest BCUT2D eigenvalue weighted by Crippen LogP contribution is 2.49. The number of aryl methyl sites for hydroxylation is 1. The van der Waals surface area contributed by atoms with Gasteiger partial charge in [-0.25, -0.2) is 4.98 Å². The van der Waals surface area contributed by atoms with Gasteiger partial charge in [0.1, 0.15) is 16.1 Å². The number of halogens is 2. The van der Waals surface area contributed by atoms with Crippen molar-refractivity contribution in [2.75, 3.05) is 7.11 Å². The lowest BCUT2D eigenvalue weighted by atomic mass is 9.92. The highest BCUT2D eigenvalue weighted by atomic mass is 35.5. The highest BCUT2D eigenvalue weighted by Gasteiger charge is 2.53. The van der Waals surface area contributed by atoms with E-state index in [9.17, 15) is 4.79 Å². The van der Waals surface area contributed by atoms with E-state index < -0.39 is 5.54 Å². The fraction of sp³-hybridized carbons (Fsp3) is 0.467. The number of hydrogen-bond acceptors (Lipinski definition) is 3. The quantitative estimate of drug-likeness (QED) is 0.866. The summed E-state index contributed by atoms with van der Waals surface area (Å²) in [6, 6.07) is 1.70. The molecule has 112 valence electrons. The number of carbonyl (C=O) groups is 1. The van der Waals surface area contributed by atoms with Crippen LogP contribution < -0.4 is 5.32 Å². The molecule has 1 unspecified atom stereocenters. The lowest BCUT2D eigenvalue weighted by Gasteiger charge is -2.26. The van der Waals surface area contributed by atoms with Gasteiger partial charge < -0.3 is 10.1 Å². The monoisotopic (exact) mass is 326 g/mol. The summed E-state index contributed by atoms with van der Waals surface area (Å²) in [6.45, 7) is 3.86. The van der Waals surface area contributed by atoms with E-state index in [2.05, 4.69) is 10.3 Å². The number of methoxy groups -OCH3 is 1. The molecule has 0 spiro atoms. The Hall–Kier alpha value is -1.26. The first kappa shape index (κ1) is 14.7. The van der Waals surface area contributed by atoms with Crippen molar-refractivity contribution in [3.8, 4) is 0 Å². The van der Waals surface area contributed by atoms with Crippen LogP contribution in [0.5, 0.6) is 0 Å². The molecule has 1 saturated carbocycles. The highest BCUT2D eigenvalue weighted by molar-refractivity contribution is 6.36. The molecule has 1 aromatic heterocycles. The summed E-state index contributed by atoms with van der Waals surface area (Å²) in [7, 11) is 1.59. The Morgan fingerprint density at radius 2 is 2.10 bits per heavy atom. The van der Waals surface area contributed by atoms with E-state index in [1.807, 2.05) is 13.8 Å². The Kier molecular flexibility index (Phi) is 3.41. The van der Waals surface area contributed by atoms with Crippen molar-refractivity contribution in [1.29, 1.82) is 0 Å². The topological polar surface area (TPSA) is 51.2 Å². The van der Waals surface area contributed by atoms with E-state index >= 15 is 0 Å². The lowest BCUT2D eigenvalue weighted by molar-refractivity contribution is -0.116. The van der Waals surface area contributed by atoms with Crippen LogP contribution in [0.3, 0.4) is 0 Å². The minimum Gasteiger partial charge on any atom is -0.498 e. The summed E-state index contributed by atoms with van der Waals surface area (Å²) in [5.41, 5.74) is 1.41. The van der Waals surface area contributed by atoms with Gasteiger partial charge >= 0.3 is 0 Å². The van der Waals surface area contributed by atoms with Crippen molar-refractivity contribution in [3.63, 3.8) is 0 Å². The molecule has 0 aromatic carbocycles. The Bertz CT molecular complexity index is 645. The SMILES string of the molecule is COC1=C(c2c(C)cc(Cl)nc2Cl)C(=O)NC1(C)C1CC1. The molecule has 21 heavy (non-hydrogen) atoms. The first-order chi connectivity index (χ1) is 9.88. The predicted molar refractivity (Wildman–Crippen MR) is 82.2 cm³/mol. The van der Waals surface area contributed by atoms with Gasteiger partial charge in [0.25, 0.3) is 5.91 Å². The van der Waals surface area contributed by atoms with E-state index in [0.717, 1.165) is 18.4 Å². The van der Waals surface area contributed by atoms with Gasteiger partial charge in [0.15, 0.2) is 0 Å². The molecule has 2 heterocycles. The van der Waals surface area contributed by atoms with Crippen molar-refractivity contribution in [2.24, 2.45) is 5.92 Å². The number of hydrogen-bond donors (Lipinski definition) is 1. The Balaban J connectivity index is 2.22. The Morgan fingerprint density at radius 1 is 1.43 bits per heavy atom. The van der Waals surface area contributed by atoms with Crippen LogP contribution in [0.15, 0.2) is 11.8 Å². The maximum Gasteiger partial charge on any atom is 0.256 e. The molecule has 1 amide bonds. The third kappa shape index (κ3) is 2.21. The van der Waals surface area contributed by atoms with E-state index in [1.54, 1.807) is 13.2 Å². The van der Waals surface area contributed by atoms with Crippen molar-refractivity contribution >= 4 is 34.7 Å². The van der Waals surface area contributed by atoms with E-state index in [4.69, 9.17) is 27.9 Å². The van der Waals surface area contributed by atoms with Crippen LogP contribution in [0.4, 0.5) is 0 Å². The molecular weight excluding hydrogens is 311 g/mol. The second kappa shape index (κ2) is 4.89. The van der Waals surface area contributed by atoms with Crippen LogP contribution in [0.25, 0.3) is 5.57 Å². The van der Waals surface area contributed by atoms with Crippen LogP contribution in [0.2, 0.25) is 10.3 Å². The third-order valence-electron chi connectivity index (χ3n) is 4.29. The number of rotatable bonds is 3. The van der Waals surface area contributed by atoms with Gasteiger partial charge in [0.05, 0.1) is 18.2 Å². The number of aromatic nitrogens is 1. The smallest absolute Gasteiger partial charge is 0.256 e. The van der Waals surface area contributed by atoms with Crippen LogP contribution >= 0.6 is 23.2 Å². The normalized spacial score (nSPS) is 25.3. The molecule has 1 aromatic rings. The van der Waals surface area contributed by atoms with Crippen molar-refractivity contribution < 1.29 is 9.53 Å². The predicted octanol–water partition coefficient (Wildman–Crippen LogP) is 3.35. The summed E-state index contributed by atoms with van der Waals surface area (Å²) in [5, 5.41) is 3.58. The average molecular weight is 327 g/mol. The Morgan fingerprint density at radius 3 is 2.62 bits per heavy atom. The molecule has 0 radical (unpaired) electrons. The number of amides is 1. The maximum atomic E-state index is 12.5. The number of pyridine rings is 1. The summed E-state index contributed by atoms with van der Waals surface area (Å²) in [4.78, 5) is 16.6. The molecule has 1 N–H and O–H groups in total. The van der Waals surface area contributed by atoms with E-state index in [0.29, 0.717) is 28.0 Å². The van der Waals surface area contributed by atoms with Crippen molar-refractivity contribution in [3.05, 3.63) is 33.3 Å². The fourth-order valence-corrected chi connectivity index (χ4v) is 3.73. The molecule has 4 nitrogen and oxygen atoms in total. The maximum absolute atomic E-state index is 12.5. The molecule has 0 saturated heterocycles. The zero-order valence-electron chi connectivity index (χ0n) is 12.1. The average Bonchev–Trinajstić information content (AvgIpc) is 3.17. The minimum absolute atomic E-state index is 0.171. The molecule has 6 heteroatoms. The van der Waals surface area contributed by atoms with Crippen molar-refractivity contribution in [2.45, 2.75) is 32.2 Å². The summed E-state index contributed by atoms with van der Waals surface area (Å²) in [6.07, 6.45) is 2.17. The Labute approximate surface area is 133 Å². The van der Waals surface area contributed by atoms with Gasteiger partial charge in [-0.15, -0.1) is 0 Å². The third-order valence-corrected chi connectivity index (χ3v) is 4.76. The fourth-order valence-electron chi connectivity index (χ4n) is 3.10. The molecule has 1 aliphatic carbocycles. The number of nitrogens with one attached hydrogen (secondary N) is 1. The lowest BCUT2D eigenvalue weighted by Crippen LogP contribution is -2.44. The second-order valence-electron chi connectivity index (χ2n) is 5.77. The number of ether oxygens (including phenoxy) is 1. The number of nitrogens with zero attached hydrogens (tertiary/aromatic N) is 1. The van der Waals surface area contributed by atoms with Crippen LogP contribution in [-0.4, -0.2) is 23.5 Å². The first-order valence-electron chi connectivity index (χ1n) is 6.82. The minimum atomic E-state index is -0.462. The summed E-state index contributed by atoms with van der Waals surface area (Å²) in [5.74, 6) is 0.882. The van der Waals surface area contributed by atoms with Gasteiger partial charge in [0, 0.05) is 5.56 Å². The molecule has 0 bridgehead atoms.